The van der Waals surface area contributed by atoms with Gasteiger partial charge in [0.2, 0.25) is 5.91 Å². The van der Waals surface area contributed by atoms with Gasteiger partial charge < -0.3 is 10.4 Å². The number of hydrogen-bond acceptors (Lipinski definition) is 6. The van der Waals surface area contributed by atoms with Gasteiger partial charge in [-0.25, -0.2) is 8.42 Å². The summed E-state index contributed by atoms with van der Waals surface area (Å²) in [6.07, 6.45) is 0. The quantitative estimate of drug-likeness (QED) is 0.491. The van der Waals surface area contributed by atoms with Gasteiger partial charge in [-0.15, -0.1) is 0 Å². The molecule has 0 spiro atoms. The Balaban J connectivity index is 3.41. The summed E-state index contributed by atoms with van der Waals surface area (Å²) in [6, 6.07) is 1.44. The Morgan fingerprint density at radius 3 is 2.52 bits per heavy atom. The second kappa shape index (κ2) is 8.23. The van der Waals surface area contributed by atoms with Crippen LogP contribution in [-0.2, 0) is 19.6 Å². The van der Waals surface area contributed by atoms with E-state index in [9.17, 15) is 28.1 Å². The van der Waals surface area contributed by atoms with E-state index in [4.69, 9.17) is 16.7 Å². The second-order valence-electron chi connectivity index (χ2n) is 4.98. The summed E-state index contributed by atoms with van der Waals surface area (Å²) >= 11 is 5.74. The Labute approximate surface area is 148 Å². The van der Waals surface area contributed by atoms with E-state index in [-0.39, 0.29) is 18.1 Å². The third-order valence-electron chi connectivity index (χ3n) is 3.20. The largest absolute Gasteiger partial charge is 0.480 e. The van der Waals surface area contributed by atoms with Crippen LogP contribution in [0.25, 0.3) is 0 Å². The maximum Gasteiger partial charge on any atom is 0.321 e. The number of amides is 1. The zero-order valence-electron chi connectivity index (χ0n) is 13.3. The molecule has 0 bridgehead atoms. The highest BCUT2D eigenvalue weighted by Gasteiger charge is 2.37. The van der Waals surface area contributed by atoms with Crippen LogP contribution in [0.4, 0.5) is 5.69 Å². The summed E-state index contributed by atoms with van der Waals surface area (Å²) in [4.78, 5) is 31.7. The molecule has 0 aromatic heterocycles. The Morgan fingerprint density at radius 2 is 2.04 bits per heavy atom. The molecule has 1 amide bonds. The molecule has 12 heteroatoms. The first-order valence-electron chi connectivity index (χ1n) is 6.91. The third-order valence-corrected chi connectivity index (χ3v) is 5.43. The van der Waals surface area contributed by atoms with Crippen LogP contribution >= 0.6 is 11.6 Å². The summed E-state index contributed by atoms with van der Waals surface area (Å²) in [6.45, 7) is 1.77. The standard InChI is InChI=1S/C13H16ClN3O7S/c1-8(13(19)20)16(6-5-15-9(2)18)25(23,24)12-7-10(14)3-4-11(12)17(21)22/h3-4,7-8H,5-6H2,1-2H3,(H,15,18)(H,19,20). The van der Waals surface area contributed by atoms with Crippen molar-refractivity contribution in [3.8, 4) is 0 Å². The number of nitrogens with zero attached hydrogens (tertiary/aromatic N) is 2. The average molecular weight is 394 g/mol. The van der Waals surface area contributed by atoms with Gasteiger partial charge in [0.1, 0.15) is 6.04 Å². The first kappa shape index (κ1) is 20.8. The molecule has 0 fully saturated rings. The minimum absolute atomic E-state index is 0.0611. The Morgan fingerprint density at radius 1 is 1.44 bits per heavy atom. The van der Waals surface area contributed by atoms with Gasteiger partial charge in [0.05, 0.1) is 4.92 Å². The molecule has 0 radical (unpaired) electrons. The summed E-state index contributed by atoms with van der Waals surface area (Å²) in [5, 5.41) is 22.5. The fourth-order valence-corrected chi connectivity index (χ4v) is 3.97. The zero-order valence-corrected chi connectivity index (χ0v) is 14.9. The lowest BCUT2D eigenvalue weighted by atomic mass is 10.3. The van der Waals surface area contributed by atoms with Crippen LogP contribution in [0.2, 0.25) is 5.02 Å². The molecule has 0 heterocycles. The number of sulfonamides is 1. The smallest absolute Gasteiger partial charge is 0.321 e. The molecule has 1 rings (SSSR count). The number of nitro benzene ring substituents is 1. The van der Waals surface area contributed by atoms with E-state index in [1.54, 1.807) is 0 Å². The maximum atomic E-state index is 12.8. The Bertz CT molecular complexity index is 797. The van der Waals surface area contributed by atoms with Crippen molar-refractivity contribution in [3.63, 3.8) is 0 Å². The number of carbonyl (C=O) groups is 2. The van der Waals surface area contributed by atoms with Gasteiger partial charge in [0.25, 0.3) is 15.7 Å². The number of carboxylic acids is 1. The fraction of sp³-hybridized carbons (Fsp3) is 0.385. The van der Waals surface area contributed by atoms with E-state index < -0.39 is 43.4 Å². The van der Waals surface area contributed by atoms with Crippen molar-refractivity contribution >= 4 is 39.2 Å². The highest BCUT2D eigenvalue weighted by Crippen LogP contribution is 2.30. The lowest BCUT2D eigenvalue weighted by Crippen LogP contribution is -2.46. The number of aliphatic carboxylic acids is 1. The first-order chi connectivity index (χ1) is 11.5. The molecule has 1 unspecified atom stereocenters. The molecular weight excluding hydrogens is 378 g/mol. The van der Waals surface area contributed by atoms with Crippen molar-refractivity contribution in [2.75, 3.05) is 13.1 Å². The van der Waals surface area contributed by atoms with Gasteiger partial charge in [-0.05, 0) is 19.1 Å². The van der Waals surface area contributed by atoms with Crippen molar-refractivity contribution in [3.05, 3.63) is 33.3 Å². The van der Waals surface area contributed by atoms with Crippen LogP contribution in [0, 0.1) is 10.1 Å². The number of halogens is 1. The average Bonchev–Trinajstić information content (AvgIpc) is 2.49. The lowest BCUT2D eigenvalue weighted by Gasteiger charge is -2.25. The second-order valence-corrected chi connectivity index (χ2v) is 7.28. The normalized spacial score (nSPS) is 12.6. The zero-order chi connectivity index (χ0) is 19.4. The molecule has 0 aliphatic carbocycles. The van der Waals surface area contributed by atoms with Crippen molar-refractivity contribution in [2.45, 2.75) is 24.8 Å². The van der Waals surface area contributed by atoms with Crippen molar-refractivity contribution < 1.29 is 28.0 Å². The van der Waals surface area contributed by atoms with E-state index in [1.165, 1.54) is 6.92 Å². The van der Waals surface area contributed by atoms with Crippen LogP contribution in [0.5, 0.6) is 0 Å². The molecule has 10 nitrogen and oxygen atoms in total. The number of hydrogen-bond donors (Lipinski definition) is 2. The summed E-state index contributed by atoms with van der Waals surface area (Å²) in [5.74, 6) is -1.88. The van der Waals surface area contributed by atoms with Gasteiger partial charge in [0, 0.05) is 31.1 Å². The predicted octanol–water partition coefficient (Wildman–Crippen LogP) is 0.848. The van der Waals surface area contributed by atoms with Crippen LogP contribution in [-0.4, -0.2) is 53.8 Å². The topological polar surface area (TPSA) is 147 Å². The minimum Gasteiger partial charge on any atom is -0.480 e. The maximum absolute atomic E-state index is 12.8. The molecular formula is C13H16ClN3O7S. The summed E-state index contributed by atoms with van der Waals surface area (Å²) in [5.41, 5.74) is -0.730. The summed E-state index contributed by atoms with van der Waals surface area (Å²) in [7, 11) is -4.57. The van der Waals surface area contributed by atoms with E-state index in [1.807, 2.05) is 0 Å². The van der Waals surface area contributed by atoms with Gasteiger partial charge in [-0.3, -0.25) is 19.7 Å². The van der Waals surface area contributed by atoms with E-state index in [0.717, 1.165) is 25.1 Å². The van der Waals surface area contributed by atoms with Crippen molar-refractivity contribution in [2.24, 2.45) is 0 Å². The number of carboxylic acid groups (broad SMARTS) is 1. The molecule has 0 saturated heterocycles. The monoisotopic (exact) mass is 393 g/mol. The molecule has 0 saturated carbocycles. The predicted molar refractivity (Wildman–Crippen MR) is 87.8 cm³/mol. The van der Waals surface area contributed by atoms with Crippen LogP contribution in [0.3, 0.4) is 0 Å². The number of nitrogens with one attached hydrogen (secondary N) is 1. The molecule has 1 aromatic rings. The Hall–Kier alpha value is -2.24. The van der Waals surface area contributed by atoms with E-state index >= 15 is 0 Å². The molecule has 1 atom stereocenters. The van der Waals surface area contributed by atoms with Gasteiger partial charge in [0.15, 0.2) is 4.90 Å². The van der Waals surface area contributed by atoms with E-state index in [0.29, 0.717) is 4.31 Å². The number of rotatable bonds is 8. The molecule has 25 heavy (non-hydrogen) atoms. The number of carbonyl (C=O) groups excluding carboxylic acids is 1. The Kier molecular flexibility index (Phi) is 6.85. The van der Waals surface area contributed by atoms with Crippen molar-refractivity contribution in [1.29, 1.82) is 0 Å². The van der Waals surface area contributed by atoms with E-state index in [2.05, 4.69) is 5.32 Å². The molecule has 2 N–H and O–H groups in total. The fourth-order valence-electron chi connectivity index (χ4n) is 1.96. The number of benzene rings is 1. The summed E-state index contributed by atoms with van der Waals surface area (Å²) < 4.78 is 26.2. The highest BCUT2D eigenvalue weighted by atomic mass is 35.5. The molecule has 1 aromatic carbocycles. The number of nitro groups is 1. The first-order valence-corrected chi connectivity index (χ1v) is 8.73. The van der Waals surface area contributed by atoms with Gasteiger partial charge in [-0.1, -0.05) is 11.6 Å². The SMILES string of the molecule is CC(=O)NCCN(C(C)C(=O)O)S(=O)(=O)c1cc(Cl)ccc1[N+](=O)[O-]. The third kappa shape index (κ3) is 5.11. The highest BCUT2D eigenvalue weighted by molar-refractivity contribution is 7.89. The van der Waals surface area contributed by atoms with Crippen LogP contribution < -0.4 is 5.32 Å². The minimum atomic E-state index is -4.57. The van der Waals surface area contributed by atoms with Crippen LogP contribution in [0.1, 0.15) is 13.8 Å². The molecule has 0 aliphatic rings. The lowest BCUT2D eigenvalue weighted by molar-refractivity contribution is -0.387. The van der Waals surface area contributed by atoms with Gasteiger partial charge >= 0.3 is 5.97 Å². The van der Waals surface area contributed by atoms with Gasteiger partial charge in [-0.2, -0.15) is 4.31 Å². The van der Waals surface area contributed by atoms with Crippen molar-refractivity contribution in [1.82, 2.24) is 9.62 Å². The van der Waals surface area contributed by atoms with Crippen LogP contribution in [0.15, 0.2) is 23.1 Å². The molecule has 138 valence electrons. The molecule has 0 aliphatic heterocycles.